The number of rotatable bonds is 6. The maximum absolute atomic E-state index is 9.03. The molecule has 0 saturated heterocycles. The number of aliphatic hydroxyl groups excluding tert-OH is 1. The molecule has 1 rings (SSSR count). The standard InChI is InChI=1S/C13H21NO/c1-3-6-12(4-2)14-13-8-5-7-11(9-13)10-15/h5,7-9,12,14-15H,3-4,6,10H2,1-2H3. The average molecular weight is 207 g/mol. The van der Waals surface area contributed by atoms with Crippen LogP contribution in [0.25, 0.3) is 0 Å². The topological polar surface area (TPSA) is 32.3 Å². The van der Waals surface area contributed by atoms with Crippen molar-refractivity contribution in [3.8, 4) is 0 Å². The molecule has 2 heteroatoms. The highest BCUT2D eigenvalue weighted by Crippen LogP contribution is 2.14. The first-order valence-electron chi connectivity index (χ1n) is 5.76. The molecular formula is C13H21NO. The van der Waals surface area contributed by atoms with Gasteiger partial charge in [0.2, 0.25) is 0 Å². The van der Waals surface area contributed by atoms with Gasteiger partial charge in [-0.15, -0.1) is 0 Å². The molecule has 0 heterocycles. The third-order valence-corrected chi connectivity index (χ3v) is 2.61. The zero-order chi connectivity index (χ0) is 11.1. The van der Waals surface area contributed by atoms with Gasteiger partial charge >= 0.3 is 0 Å². The average Bonchev–Trinajstić information content (AvgIpc) is 2.29. The highest BCUT2D eigenvalue weighted by Gasteiger charge is 2.04. The lowest BCUT2D eigenvalue weighted by Crippen LogP contribution is -2.17. The van der Waals surface area contributed by atoms with Gasteiger partial charge in [-0.05, 0) is 30.5 Å². The molecule has 2 N–H and O–H groups in total. The lowest BCUT2D eigenvalue weighted by molar-refractivity contribution is 0.282. The Morgan fingerprint density at radius 1 is 1.33 bits per heavy atom. The minimum atomic E-state index is 0.111. The summed E-state index contributed by atoms with van der Waals surface area (Å²) >= 11 is 0. The molecule has 0 aliphatic heterocycles. The van der Waals surface area contributed by atoms with E-state index >= 15 is 0 Å². The summed E-state index contributed by atoms with van der Waals surface area (Å²) in [6.45, 7) is 4.51. The Hall–Kier alpha value is -1.02. The lowest BCUT2D eigenvalue weighted by atomic mass is 10.1. The van der Waals surface area contributed by atoms with Crippen LogP contribution in [0, 0.1) is 0 Å². The number of hydrogen-bond donors (Lipinski definition) is 2. The molecule has 0 bridgehead atoms. The molecule has 0 saturated carbocycles. The predicted molar refractivity (Wildman–Crippen MR) is 65.0 cm³/mol. The zero-order valence-electron chi connectivity index (χ0n) is 9.66. The fourth-order valence-corrected chi connectivity index (χ4v) is 1.72. The van der Waals surface area contributed by atoms with Gasteiger partial charge in [0.25, 0.3) is 0 Å². The van der Waals surface area contributed by atoms with Gasteiger partial charge in [-0.2, -0.15) is 0 Å². The summed E-state index contributed by atoms with van der Waals surface area (Å²) in [6.07, 6.45) is 3.53. The van der Waals surface area contributed by atoms with Crippen LogP contribution in [-0.2, 0) is 6.61 Å². The molecule has 1 aromatic rings. The molecule has 84 valence electrons. The van der Waals surface area contributed by atoms with Crippen LogP contribution in [0.3, 0.4) is 0 Å². The smallest absolute Gasteiger partial charge is 0.0682 e. The minimum Gasteiger partial charge on any atom is -0.392 e. The van der Waals surface area contributed by atoms with Crippen molar-refractivity contribution in [1.82, 2.24) is 0 Å². The molecule has 0 aromatic heterocycles. The van der Waals surface area contributed by atoms with E-state index in [9.17, 15) is 0 Å². The van der Waals surface area contributed by atoms with Crippen LogP contribution in [0.4, 0.5) is 5.69 Å². The molecule has 0 spiro atoms. The van der Waals surface area contributed by atoms with Crippen LogP contribution in [0.5, 0.6) is 0 Å². The number of benzene rings is 1. The number of anilines is 1. The van der Waals surface area contributed by atoms with Crippen molar-refractivity contribution in [3.05, 3.63) is 29.8 Å². The van der Waals surface area contributed by atoms with E-state index in [-0.39, 0.29) is 6.61 Å². The van der Waals surface area contributed by atoms with E-state index in [0.29, 0.717) is 6.04 Å². The highest BCUT2D eigenvalue weighted by atomic mass is 16.3. The molecule has 0 aliphatic carbocycles. The lowest BCUT2D eigenvalue weighted by Gasteiger charge is -2.17. The zero-order valence-corrected chi connectivity index (χ0v) is 9.66. The molecule has 0 amide bonds. The molecule has 1 unspecified atom stereocenters. The molecule has 1 aromatic carbocycles. The van der Waals surface area contributed by atoms with Crippen LogP contribution in [0.1, 0.15) is 38.7 Å². The van der Waals surface area contributed by atoms with Crippen LogP contribution >= 0.6 is 0 Å². The summed E-state index contributed by atoms with van der Waals surface area (Å²) in [6, 6.07) is 8.53. The van der Waals surface area contributed by atoms with E-state index in [1.807, 2.05) is 18.2 Å². The summed E-state index contributed by atoms with van der Waals surface area (Å²) in [5.74, 6) is 0. The van der Waals surface area contributed by atoms with Gasteiger partial charge in [0.05, 0.1) is 6.61 Å². The van der Waals surface area contributed by atoms with E-state index < -0.39 is 0 Å². The second kappa shape index (κ2) is 6.46. The Labute approximate surface area is 92.3 Å². The maximum atomic E-state index is 9.03. The summed E-state index contributed by atoms with van der Waals surface area (Å²) in [4.78, 5) is 0. The summed E-state index contributed by atoms with van der Waals surface area (Å²) in [5, 5.41) is 12.5. The Morgan fingerprint density at radius 2 is 2.13 bits per heavy atom. The van der Waals surface area contributed by atoms with Gasteiger partial charge in [-0.3, -0.25) is 0 Å². The van der Waals surface area contributed by atoms with Gasteiger partial charge in [0.15, 0.2) is 0 Å². The Kier molecular flexibility index (Phi) is 5.19. The fraction of sp³-hybridized carbons (Fsp3) is 0.538. The first kappa shape index (κ1) is 12.1. The summed E-state index contributed by atoms with van der Waals surface area (Å²) < 4.78 is 0. The second-order valence-electron chi connectivity index (χ2n) is 3.90. The molecular weight excluding hydrogens is 186 g/mol. The minimum absolute atomic E-state index is 0.111. The van der Waals surface area contributed by atoms with Gasteiger partial charge in [-0.1, -0.05) is 32.4 Å². The largest absolute Gasteiger partial charge is 0.392 e. The monoisotopic (exact) mass is 207 g/mol. The van der Waals surface area contributed by atoms with Crippen LogP contribution in [0.15, 0.2) is 24.3 Å². The third-order valence-electron chi connectivity index (χ3n) is 2.61. The second-order valence-corrected chi connectivity index (χ2v) is 3.90. The molecule has 0 radical (unpaired) electrons. The normalized spacial score (nSPS) is 12.5. The fourth-order valence-electron chi connectivity index (χ4n) is 1.72. The van der Waals surface area contributed by atoms with E-state index in [1.54, 1.807) is 0 Å². The quantitative estimate of drug-likeness (QED) is 0.751. The van der Waals surface area contributed by atoms with E-state index in [4.69, 9.17) is 5.11 Å². The Morgan fingerprint density at radius 3 is 2.73 bits per heavy atom. The van der Waals surface area contributed by atoms with E-state index in [2.05, 4.69) is 25.2 Å². The van der Waals surface area contributed by atoms with Crippen LogP contribution < -0.4 is 5.32 Å². The molecule has 0 fully saturated rings. The van der Waals surface area contributed by atoms with Crippen molar-refractivity contribution in [1.29, 1.82) is 0 Å². The van der Waals surface area contributed by atoms with E-state index in [1.165, 1.54) is 12.8 Å². The van der Waals surface area contributed by atoms with Crippen molar-refractivity contribution in [3.63, 3.8) is 0 Å². The predicted octanol–water partition coefficient (Wildman–Crippen LogP) is 3.17. The van der Waals surface area contributed by atoms with Gasteiger partial charge in [0, 0.05) is 11.7 Å². The molecule has 1 atom stereocenters. The van der Waals surface area contributed by atoms with Crippen molar-refractivity contribution in [2.45, 2.75) is 45.8 Å². The van der Waals surface area contributed by atoms with E-state index in [0.717, 1.165) is 17.7 Å². The van der Waals surface area contributed by atoms with Crippen molar-refractivity contribution >= 4 is 5.69 Å². The maximum Gasteiger partial charge on any atom is 0.0682 e. The molecule has 0 aliphatic rings. The first-order valence-corrected chi connectivity index (χ1v) is 5.76. The highest BCUT2D eigenvalue weighted by molar-refractivity contribution is 5.46. The third kappa shape index (κ3) is 3.92. The van der Waals surface area contributed by atoms with Crippen molar-refractivity contribution in [2.24, 2.45) is 0 Å². The SMILES string of the molecule is CCCC(CC)Nc1cccc(CO)c1. The first-order chi connectivity index (χ1) is 7.30. The van der Waals surface area contributed by atoms with Crippen LogP contribution in [-0.4, -0.2) is 11.1 Å². The van der Waals surface area contributed by atoms with Crippen molar-refractivity contribution < 1.29 is 5.11 Å². The number of aliphatic hydroxyl groups is 1. The summed E-state index contributed by atoms with van der Waals surface area (Å²) in [5.41, 5.74) is 2.08. The number of nitrogens with one attached hydrogen (secondary N) is 1. The van der Waals surface area contributed by atoms with Gasteiger partial charge < -0.3 is 10.4 Å². The van der Waals surface area contributed by atoms with Gasteiger partial charge in [-0.25, -0.2) is 0 Å². The Bertz CT molecular complexity index is 286. The van der Waals surface area contributed by atoms with Crippen molar-refractivity contribution in [2.75, 3.05) is 5.32 Å². The molecule has 15 heavy (non-hydrogen) atoms. The Balaban J connectivity index is 2.61. The number of hydrogen-bond acceptors (Lipinski definition) is 2. The van der Waals surface area contributed by atoms with Gasteiger partial charge in [0.1, 0.15) is 0 Å². The molecule has 2 nitrogen and oxygen atoms in total. The summed E-state index contributed by atoms with van der Waals surface area (Å²) in [7, 11) is 0. The van der Waals surface area contributed by atoms with Crippen LogP contribution in [0.2, 0.25) is 0 Å².